The molecule has 0 radical (unpaired) electrons. The highest BCUT2D eigenvalue weighted by Crippen LogP contribution is 2.62. The minimum Gasteiger partial charge on any atom is -0.324 e. The van der Waals surface area contributed by atoms with E-state index in [0.717, 1.165) is 45.1 Å². The van der Waals surface area contributed by atoms with E-state index in [0.29, 0.717) is 0 Å². The molecule has 2 aliphatic carbocycles. The largest absolute Gasteiger partial charge is 0.324 e. The van der Waals surface area contributed by atoms with E-state index in [-0.39, 0.29) is 0 Å². The van der Waals surface area contributed by atoms with Crippen LogP contribution in [-0.4, -0.2) is 16.2 Å². The fourth-order valence-electron chi connectivity index (χ4n) is 11.3. The first-order chi connectivity index (χ1) is 31.7. The van der Waals surface area contributed by atoms with Gasteiger partial charge >= 0.3 is 0 Å². The molecule has 298 valence electrons. The van der Waals surface area contributed by atoms with Crippen LogP contribution in [0.3, 0.4) is 0 Å². The number of hydrogen-bond acceptors (Lipinski definition) is 3. The topological polar surface area (TPSA) is 41.7 Å². The molecule has 1 atom stereocenters. The number of fused-ring (bicyclic) bond motifs is 10. The highest BCUT2D eigenvalue weighted by Gasteiger charge is 2.50. The lowest BCUT2D eigenvalue weighted by molar-refractivity contribution is 0.756. The maximum Gasteiger partial charge on any atom is 0.169 e. The molecule has 4 heteroatoms. The monoisotopic (exact) mass is 814 g/mol. The van der Waals surface area contributed by atoms with Crippen LogP contribution in [0.2, 0.25) is 0 Å². The van der Waals surface area contributed by atoms with E-state index < -0.39 is 11.6 Å². The number of amidine groups is 2. The summed E-state index contributed by atoms with van der Waals surface area (Å²) in [5.41, 5.74) is 16.6. The maximum atomic E-state index is 5.34. The van der Waals surface area contributed by atoms with Crippen molar-refractivity contribution in [2.45, 2.75) is 11.6 Å². The number of hydrogen-bond donors (Lipinski definition) is 1. The Bertz CT molecular complexity index is 3740. The van der Waals surface area contributed by atoms with Crippen LogP contribution in [0.15, 0.2) is 228 Å². The van der Waals surface area contributed by atoms with Gasteiger partial charge in [-0.1, -0.05) is 176 Å². The van der Waals surface area contributed by atoms with E-state index in [1.807, 2.05) is 6.07 Å². The van der Waals surface area contributed by atoms with Crippen molar-refractivity contribution in [3.05, 3.63) is 257 Å². The molecule has 64 heavy (non-hydrogen) atoms. The van der Waals surface area contributed by atoms with Crippen LogP contribution in [0, 0.1) is 0 Å². The van der Waals surface area contributed by atoms with E-state index in [1.165, 1.54) is 76.8 Å². The van der Waals surface area contributed by atoms with E-state index >= 15 is 0 Å². The molecule has 4 nitrogen and oxygen atoms in total. The number of rotatable bonds is 5. The Labute approximate surface area is 370 Å². The molecule has 3 aliphatic rings. The molecule has 1 spiro atoms. The molecule has 11 aromatic rings. The summed E-state index contributed by atoms with van der Waals surface area (Å²) in [5, 5.41) is 11.4. The molecule has 1 aliphatic heterocycles. The van der Waals surface area contributed by atoms with Crippen molar-refractivity contribution in [2.24, 2.45) is 9.98 Å². The fourth-order valence-corrected chi connectivity index (χ4v) is 11.3. The van der Waals surface area contributed by atoms with E-state index in [4.69, 9.17) is 9.98 Å². The van der Waals surface area contributed by atoms with Gasteiger partial charge in [-0.2, -0.15) is 0 Å². The standard InChI is InChI=1S/C60H38N4/c1-3-13-40(14-4-1)57-61-58(63-59(62-57)43-32-34-54-48(35-43)47-20-8-10-24-53(47)64(54)44-17-5-2-6-18-44)41-29-25-37(26-30-41)42-31-33-46-45-19-7-9-21-49(45)60(52(46)36-42)50-22-11-15-38-27-28-39-16-12-23-51(60)56(39)55(38)50/h1-36,58H,(H,61,62,63). The van der Waals surface area contributed by atoms with Crippen molar-refractivity contribution in [1.29, 1.82) is 0 Å². The summed E-state index contributed by atoms with van der Waals surface area (Å²) in [6, 6.07) is 79.7. The van der Waals surface area contributed by atoms with Crippen molar-refractivity contribution in [2.75, 3.05) is 0 Å². The molecule has 2 heterocycles. The molecule has 10 aromatic carbocycles. The average molecular weight is 815 g/mol. The van der Waals surface area contributed by atoms with Crippen LogP contribution in [-0.2, 0) is 5.41 Å². The second-order valence-electron chi connectivity index (χ2n) is 17.3. The van der Waals surface area contributed by atoms with Crippen molar-refractivity contribution in [3.63, 3.8) is 0 Å². The Morgan fingerprint density at radius 2 is 0.984 bits per heavy atom. The molecule has 0 bridgehead atoms. The third kappa shape index (κ3) is 4.88. The molecule has 1 N–H and O–H groups in total. The zero-order valence-electron chi connectivity index (χ0n) is 34.7. The van der Waals surface area contributed by atoms with E-state index in [2.05, 4.69) is 222 Å². The zero-order valence-corrected chi connectivity index (χ0v) is 34.7. The van der Waals surface area contributed by atoms with Gasteiger partial charge in [-0.05, 0) is 114 Å². The first-order valence-corrected chi connectivity index (χ1v) is 22.1. The Hall–Kier alpha value is -8.34. The molecular formula is C60H38N4. The van der Waals surface area contributed by atoms with Crippen LogP contribution < -0.4 is 5.32 Å². The molecule has 1 unspecified atom stereocenters. The average Bonchev–Trinajstić information content (AvgIpc) is 3.98. The van der Waals surface area contributed by atoms with Crippen LogP contribution in [0.4, 0.5) is 0 Å². The third-order valence-corrected chi connectivity index (χ3v) is 14.0. The first-order valence-electron chi connectivity index (χ1n) is 22.1. The second kappa shape index (κ2) is 13.3. The Balaban J connectivity index is 0.877. The summed E-state index contributed by atoms with van der Waals surface area (Å²) >= 11 is 0. The van der Waals surface area contributed by atoms with Crippen LogP contribution in [0.1, 0.15) is 45.1 Å². The van der Waals surface area contributed by atoms with Crippen LogP contribution in [0.25, 0.3) is 71.3 Å². The lowest BCUT2D eigenvalue weighted by atomic mass is 9.70. The SMILES string of the molecule is c1ccc(C2=NC(c3ccc(-c4ccc5c(c4)C4(c6ccccc6-5)c5cccc6ccc7cccc4c7c56)cc3)N=C(c3ccc4c(c3)c3ccccc3n4-c3ccccc3)N2)cc1. The molecule has 0 saturated carbocycles. The van der Waals surface area contributed by atoms with Crippen molar-refractivity contribution >= 4 is 55.0 Å². The van der Waals surface area contributed by atoms with Gasteiger partial charge < -0.3 is 9.88 Å². The highest BCUT2D eigenvalue weighted by atomic mass is 15.2. The Kier molecular flexibility index (Phi) is 7.35. The summed E-state index contributed by atoms with van der Waals surface area (Å²) in [6.07, 6.45) is -0.433. The van der Waals surface area contributed by atoms with Gasteiger partial charge in [0.2, 0.25) is 0 Å². The minimum absolute atomic E-state index is 0.396. The summed E-state index contributed by atoms with van der Waals surface area (Å²) in [6.45, 7) is 0. The maximum absolute atomic E-state index is 5.34. The molecule has 0 saturated heterocycles. The number of nitrogens with one attached hydrogen (secondary N) is 1. The molecular weight excluding hydrogens is 777 g/mol. The van der Waals surface area contributed by atoms with Gasteiger partial charge in [-0.25, -0.2) is 9.98 Å². The lowest BCUT2D eigenvalue weighted by Crippen LogP contribution is -2.36. The molecule has 14 rings (SSSR count). The number of aliphatic imine (C=N–C) groups is 2. The fraction of sp³-hybridized carbons (Fsp3) is 0.0333. The van der Waals surface area contributed by atoms with Gasteiger partial charge in [0, 0.05) is 27.6 Å². The summed E-state index contributed by atoms with van der Waals surface area (Å²) in [7, 11) is 0. The lowest BCUT2D eigenvalue weighted by Gasteiger charge is -2.31. The van der Waals surface area contributed by atoms with Crippen LogP contribution in [0.5, 0.6) is 0 Å². The summed E-state index contributed by atoms with van der Waals surface area (Å²) in [4.78, 5) is 10.6. The number of nitrogens with zero attached hydrogens (tertiary/aromatic N) is 3. The van der Waals surface area contributed by atoms with Gasteiger partial charge in [0.1, 0.15) is 11.7 Å². The minimum atomic E-state index is -0.433. The third-order valence-electron chi connectivity index (χ3n) is 14.0. The van der Waals surface area contributed by atoms with Crippen LogP contribution >= 0.6 is 0 Å². The number of benzene rings is 10. The predicted molar refractivity (Wildman–Crippen MR) is 264 cm³/mol. The van der Waals surface area contributed by atoms with Gasteiger partial charge in [0.15, 0.2) is 6.17 Å². The second-order valence-corrected chi connectivity index (χ2v) is 17.3. The zero-order chi connectivity index (χ0) is 41.9. The van der Waals surface area contributed by atoms with E-state index in [1.54, 1.807) is 0 Å². The smallest absolute Gasteiger partial charge is 0.169 e. The molecule has 1 aromatic heterocycles. The Morgan fingerprint density at radius 1 is 0.391 bits per heavy atom. The first kappa shape index (κ1) is 35.3. The van der Waals surface area contributed by atoms with Crippen molar-refractivity contribution < 1.29 is 0 Å². The number of para-hydroxylation sites is 2. The molecule has 0 amide bonds. The van der Waals surface area contributed by atoms with Crippen molar-refractivity contribution in [3.8, 4) is 27.9 Å². The quantitative estimate of drug-likeness (QED) is 0.173. The summed E-state index contributed by atoms with van der Waals surface area (Å²) in [5.74, 6) is 1.60. The Morgan fingerprint density at radius 3 is 1.75 bits per heavy atom. The van der Waals surface area contributed by atoms with Crippen molar-refractivity contribution in [1.82, 2.24) is 9.88 Å². The van der Waals surface area contributed by atoms with E-state index in [9.17, 15) is 0 Å². The van der Waals surface area contributed by atoms with Gasteiger partial charge in [-0.3, -0.25) is 0 Å². The normalized spacial score (nSPS) is 15.5. The predicted octanol–water partition coefficient (Wildman–Crippen LogP) is 13.9. The molecule has 0 fully saturated rings. The highest BCUT2D eigenvalue weighted by molar-refractivity contribution is 6.19. The van der Waals surface area contributed by atoms with Gasteiger partial charge in [0.25, 0.3) is 0 Å². The van der Waals surface area contributed by atoms with Gasteiger partial charge in [-0.15, -0.1) is 0 Å². The number of aromatic nitrogens is 1. The van der Waals surface area contributed by atoms with Gasteiger partial charge in [0.05, 0.1) is 16.4 Å². The summed E-state index contributed by atoms with van der Waals surface area (Å²) < 4.78 is 2.35.